The van der Waals surface area contributed by atoms with Crippen LogP contribution in [0.2, 0.25) is 0 Å². The molecule has 11 heteroatoms. The maximum Gasteiger partial charge on any atom is 0.254 e. The molecule has 0 fully saturated rings. The van der Waals surface area contributed by atoms with E-state index in [1.165, 1.54) is 10.5 Å². The summed E-state index contributed by atoms with van der Waals surface area (Å²) in [6.07, 6.45) is 2.09. The summed E-state index contributed by atoms with van der Waals surface area (Å²) in [5.74, 6) is -0.737. The molecule has 0 aliphatic heterocycles. The Morgan fingerprint density at radius 3 is 2.41 bits per heavy atom. The predicted octanol–water partition coefficient (Wildman–Crippen LogP) is 1.72. The Bertz CT molecular complexity index is 1330. The van der Waals surface area contributed by atoms with Crippen LogP contribution in [0.15, 0.2) is 35.4 Å². The molecule has 3 rings (SSSR count). The molecule has 1 aromatic carbocycles. The van der Waals surface area contributed by atoms with E-state index in [-0.39, 0.29) is 35.4 Å². The van der Waals surface area contributed by atoms with Gasteiger partial charge >= 0.3 is 0 Å². The minimum absolute atomic E-state index is 0.145. The smallest absolute Gasteiger partial charge is 0.254 e. The number of hydrogen-bond donors (Lipinski definition) is 2. The normalized spacial score (nSPS) is 12.0. The first-order valence-electron chi connectivity index (χ1n) is 10.9. The Morgan fingerprint density at radius 2 is 1.82 bits per heavy atom. The standard InChI is InChI=1S/C23H30N6O4S/c1-14(2)28(5)34(32,33)18-8-6-17(7-9-18)12-25-21(30)11-10-19-15(3)27-23-20(22(24)31)13-26-29(23)16(19)4/h6-9,13-14H,10-12H2,1-5H3,(H2,24,31)(H,25,30). The monoisotopic (exact) mass is 486 g/mol. The highest BCUT2D eigenvalue weighted by Gasteiger charge is 2.23. The summed E-state index contributed by atoms with van der Waals surface area (Å²) < 4.78 is 28.0. The van der Waals surface area contributed by atoms with Crippen LogP contribution < -0.4 is 11.1 Å². The molecule has 2 heterocycles. The summed E-state index contributed by atoms with van der Waals surface area (Å²) >= 11 is 0. The second kappa shape index (κ2) is 9.90. The zero-order valence-corrected chi connectivity index (χ0v) is 20.8. The maximum absolute atomic E-state index is 12.6. The highest BCUT2D eigenvalue weighted by atomic mass is 32.2. The van der Waals surface area contributed by atoms with Gasteiger partial charge in [0.25, 0.3) is 5.91 Å². The van der Waals surface area contributed by atoms with Gasteiger partial charge in [-0.05, 0) is 57.4 Å². The summed E-state index contributed by atoms with van der Waals surface area (Å²) in [6.45, 7) is 7.59. The van der Waals surface area contributed by atoms with E-state index in [0.29, 0.717) is 17.8 Å². The number of nitrogens with two attached hydrogens (primary N) is 1. The lowest BCUT2D eigenvalue weighted by Gasteiger charge is -2.21. The summed E-state index contributed by atoms with van der Waals surface area (Å²) in [4.78, 5) is 28.7. The Labute approximate surface area is 199 Å². The van der Waals surface area contributed by atoms with Crippen molar-refractivity contribution in [3.8, 4) is 0 Å². The number of rotatable bonds is 9. The average molecular weight is 487 g/mol. The number of primary amides is 1. The number of hydrogen-bond acceptors (Lipinski definition) is 6. The maximum atomic E-state index is 12.6. The van der Waals surface area contributed by atoms with Gasteiger partial charge in [-0.2, -0.15) is 9.40 Å². The number of benzene rings is 1. The Balaban J connectivity index is 1.62. The molecule has 0 aliphatic rings. The van der Waals surface area contributed by atoms with Gasteiger partial charge in [-0.1, -0.05) is 12.1 Å². The summed E-state index contributed by atoms with van der Waals surface area (Å²) in [7, 11) is -2.00. The molecule has 2 amide bonds. The topological polar surface area (TPSA) is 140 Å². The molecule has 182 valence electrons. The molecule has 0 unspecified atom stereocenters. The van der Waals surface area contributed by atoms with E-state index in [2.05, 4.69) is 15.4 Å². The highest BCUT2D eigenvalue weighted by Crippen LogP contribution is 2.19. The summed E-state index contributed by atoms with van der Waals surface area (Å²) in [5, 5.41) is 7.06. The molecule has 2 aromatic heterocycles. The Morgan fingerprint density at radius 1 is 1.18 bits per heavy atom. The van der Waals surface area contributed by atoms with Gasteiger partial charge in [0.1, 0.15) is 5.56 Å². The minimum atomic E-state index is -3.55. The zero-order chi connectivity index (χ0) is 25.2. The van der Waals surface area contributed by atoms with Crippen molar-refractivity contribution < 1.29 is 18.0 Å². The van der Waals surface area contributed by atoms with Crippen LogP contribution in [-0.2, 0) is 27.8 Å². The van der Waals surface area contributed by atoms with Crippen molar-refractivity contribution in [2.75, 3.05) is 7.05 Å². The quantitative estimate of drug-likeness (QED) is 0.472. The van der Waals surface area contributed by atoms with Crippen LogP contribution in [0.25, 0.3) is 5.65 Å². The van der Waals surface area contributed by atoms with Gasteiger partial charge in [0.05, 0.1) is 11.1 Å². The number of aromatic nitrogens is 3. The van der Waals surface area contributed by atoms with Crippen molar-refractivity contribution in [1.29, 1.82) is 0 Å². The van der Waals surface area contributed by atoms with Gasteiger partial charge in [0, 0.05) is 37.4 Å². The summed E-state index contributed by atoms with van der Waals surface area (Å²) in [6, 6.07) is 6.34. The van der Waals surface area contributed by atoms with Gasteiger partial charge in [0.15, 0.2) is 5.65 Å². The minimum Gasteiger partial charge on any atom is -0.365 e. The lowest BCUT2D eigenvalue weighted by Crippen LogP contribution is -2.33. The van der Waals surface area contributed by atoms with Crippen molar-refractivity contribution in [3.05, 3.63) is 58.5 Å². The number of aryl methyl sites for hydroxylation is 2. The number of carbonyl (C=O) groups is 2. The molecule has 0 saturated heterocycles. The lowest BCUT2D eigenvalue weighted by atomic mass is 10.1. The summed E-state index contributed by atoms with van der Waals surface area (Å²) in [5.41, 5.74) is 9.22. The fourth-order valence-corrected chi connectivity index (χ4v) is 4.96. The molecule has 0 saturated carbocycles. The predicted molar refractivity (Wildman–Crippen MR) is 128 cm³/mol. The fraction of sp³-hybridized carbons (Fsp3) is 0.391. The van der Waals surface area contributed by atoms with Crippen molar-refractivity contribution in [3.63, 3.8) is 0 Å². The second-order valence-corrected chi connectivity index (χ2v) is 10.5. The van der Waals surface area contributed by atoms with Gasteiger partial charge in [0.2, 0.25) is 15.9 Å². The van der Waals surface area contributed by atoms with E-state index >= 15 is 0 Å². The fourth-order valence-electron chi connectivity index (χ4n) is 3.60. The molecule has 0 bridgehead atoms. The first-order chi connectivity index (χ1) is 15.9. The van der Waals surface area contributed by atoms with Crippen molar-refractivity contribution in [2.45, 2.75) is 58.0 Å². The van der Waals surface area contributed by atoms with E-state index in [0.717, 1.165) is 16.8 Å². The number of amides is 2. The third-order valence-electron chi connectivity index (χ3n) is 5.89. The molecular weight excluding hydrogens is 456 g/mol. The van der Waals surface area contributed by atoms with Crippen LogP contribution in [0.4, 0.5) is 0 Å². The molecule has 3 aromatic rings. The van der Waals surface area contributed by atoms with E-state index < -0.39 is 15.9 Å². The SMILES string of the molecule is Cc1nc2c(C(N)=O)cnn2c(C)c1CCC(=O)NCc1ccc(S(=O)(=O)N(C)C(C)C)cc1. The average Bonchev–Trinajstić information content (AvgIpc) is 3.21. The van der Waals surface area contributed by atoms with E-state index in [1.807, 2.05) is 27.7 Å². The lowest BCUT2D eigenvalue weighted by molar-refractivity contribution is -0.121. The van der Waals surface area contributed by atoms with Crippen LogP contribution >= 0.6 is 0 Å². The number of fused-ring (bicyclic) bond motifs is 1. The van der Waals surface area contributed by atoms with E-state index in [4.69, 9.17) is 5.73 Å². The third-order valence-corrected chi connectivity index (χ3v) is 7.94. The highest BCUT2D eigenvalue weighted by molar-refractivity contribution is 7.89. The first kappa shape index (κ1) is 25.3. The van der Waals surface area contributed by atoms with Crippen LogP contribution in [-0.4, -0.2) is 52.2 Å². The molecule has 10 nitrogen and oxygen atoms in total. The van der Waals surface area contributed by atoms with E-state index in [1.54, 1.807) is 35.8 Å². The van der Waals surface area contributed by atoms with Gasteiger partial charge < -0.3 is 11.1 Å². The molecule has 3 N–H and O–H groups in total. The van der Waals surface area contributed by atoms with E-state index in [9.17, 15) is 18.0 Å². The molecular formula is C23H30N6O4S. The van der Waals surface area contributed by atoms with Crippen molar-refractivity contribution in [1.82, 2.24) is 24.2 Å². The van der Waals surface area contributed by atoms with Crippen LogP contribution in [0, 0.1) is 13.8 Å². The number of nitrogens with zero attached hydrogens (tertiary/aromatic N) is 4. The third kappa shape index (κ3) is 5.10. The second-order valence-electron chi connectivity index (χ2n) is 8.45. The molecule has 0 aliphatic carbocycles. The van der Waals surface area contributed by atoms with Crippen LogP contribution in [0.5, 0.6) is 0 Å². The Kier molecular flexibility index (Phi) is 7.37. The number of sulfonamides is 1. The van der Waals surface area contributed by atoms with Crippen molar-refractivity contribution in [2.24, 2.45) is 5.73 Å². The molecule has 0 atom stereocenters. The van der Waals surface area contributed by atoms with Gasteiger partial charge in [-0.25, -0.2) is 17.9 Å². The van der Waals surface area contributed by atoms with Crippen LogP contribution in [0.3, 0.4) is 0 Å². The number of nitrogens with one attached hydrogen (secondary N) is 1. The van der Waals surface area contributed by atoms with Crippen LogP contribution in [0.1, 0.15) is 53.1 Å². The molecule has 0 spiro atoms. The molecule has 34 heavy (non-hydrogen) atoms. The van der Waals surface area contributed by atoms with Crippen molar-refractivity contribution >= 4 is 27.5 Å². The van der Waals surface area contributed by atoms with Gasteiger partial charge in [-0.3, -0.25) is 9.59 Å². The number of carbonyl (C=O) groups excluding carboxylic acids is 2. The molecule has 0 radical (unpaired) electrons. The first-order valence-corrected chi connectivity index (χ1v) is 12.3. The largest absolute Gasteiger partial charge is 0.365 e. The Hall–Kier alpha value is -3.31. The zero-order valence-electron chi connectivity index (χ0n) is 20.0. The van der Waals surface area contributed by atoms with Gasteiger partial charge in [-0.15, -0.1) is 0 Å².